The van der Waals surface area contributed by atoms with Crippen LogP contribution in [0.25, 0.3) is 0 Å². The SMILES string of the molecule is CCCCCCCCCC(=O)ON(CCCCC)C(=O)O.CCCCCCCCCC(=O)ONCCCCC. The van der Waals surface area contributed by atoms with Crippen LogP contribution >= 0.6 is 0 Å². The van der Waals surface area contributed by atoms with Crippen molar-refractivity contribution in [1.82, 2.24) is 10.5 Å². The molecule has 0 aliphatic rings. The number of nitrogens with one attached hydrogen (secondary N) is 1. The number of hydrogen-bond donors (Lipinski definition) is 2. The third kappa shape index (κ3) is 32.3. The van der Waals surface area contributed by atoms with Crippen molar-refractivity contribution >= 4 is 18.0 Å². The van der Waals surface area contributed by atoms with Gasteiger partial charge < -0.3 is 14.8 Å². The van der Waals surface area contributed by atoms with Crippen LogP contribution < -0.4 is 5.48 Å². The second-order valence-electron chi connectivity index (χ2n) is 10.4. The third-order valence-electron chi connectivity index (χ3n) is 6.43. The number of carbonyl (C=O) groups excluding carboxylic acids is 2. The van der Waals surface area contributed by atoms with E-state index in [1.54, 1.807) is 0 Å². The molecule has 0 atom stereocenters. The highest BCUT2D eigenvalue weighted by Gasteiger charge is 2.16. The first-order chi connectivity index (χ1) is 18.9. The van der Waals surface area contributed by atoms with Gasteiger partial charge in [0.1, 0.15) is 0 Å². The van der Waals surface area contributed by atoms with E-state index in [1.165, 1.54) is 70.6 Å². The van der Waals surface area contributed by atoms with E-state index in [1.807, 2.05) is 6.92 Å². The molecule has 0 aliphatic carbocycles. The zero-order valence-electron chi connectivity index (χ0n) is 25.9. The average Bonchev–Trinajstić information content (AvgIpc) is 2.91. The quantitative estimate of drug-likeness (QED) is 0.0850. The molecule has 2 N–H and O–H groups in total. The first kappa shape index (κ1) is 39.3. The number of hydrogen-bond acceptors (Lipinski definition) is 6. The van der Waals surface area contributed by atoms with Gasteiger partial charge in [0.15, 0.2) is 0 Å². The fourth-order valence-electron chi connectivity index (χ4n) is 3.94. The molecule has 39 heavy (non-hydrogen) atoms. The first-order valence-electron chi connectivity index (χ1n) is 16.1. The van der Waals surface area contributed by atoms with Gasteiger partial charge in [0.25, 0.3) is 0 Å². The van der Waals surface area contributed by atoms with Crippen molar-refractivity contribution < 1.29 is 29.2 Å². The van der Waals surface area contributed by atoms with Crippen molar-refractivity contribution in [2.75, 3.05) is 13.1 Å². The summed E-state index contributed by atoms with van der Waals surface area (Å²) in [5.41, 5.74) is 2.74. The smallest absolute Gasteiger partial charge is 0.440 e. The Morgan fingerprint density at radius 2 is 0.974 bits per heavy atom. The Morgan fingerprint density at radius 3 is 1.46 bits per heavy atom. The maximum absolute atomic E-state index is 11.6. The monoisotopic (exact) mass is 558 g/mol. The molecule has 1 amide bonds. The molecule has 0 saturated carbocycles. The Kier molecular flexibility index (Phi) is 32.6. The molecule has 0 heterocycles. The summed E-state index contributed by atoms with van der Waals surface area (Å²) >= 11 is 0. The Bertz CT molecular complexity index is 559. The van der Waals surface area contributed by atoms with Crippen LogP contribution in [0.3, 0.4) is 0 Å². The molecule has 0 radical (unpaired) electrons. The Labute approximate surface area is 239 Å². The number of hydroxylamine groups is 3. The number of carboxylic acid groups (broad SMARTS) is 1. The number of unbranched alkanes of at least 4 members (excludes halogenated alkanes) is 16. The van der Waals surface area contributed by atoms with Crippen LogP contribution in [0.5, 0.6) is 0 Å². The van der Waals surface area contributed by atoms with Gasteiger partial charge in [-0.15, -0.1) is 5.06 Å². The van der Waals surface area contributed by atoms with E-state index < -0.39 is 12.1 Å². The van der Waals surface area contributed by atoms with Crippen LogP contribution in [0.2, 0.25) is 0 Å². The molecule has 8 nitrogen and oxygen atoms in total. The fraction of sp³-hybridized carbons (Fsp3) is 0.903. The minimum atomic E-state index is -1.20. The van der Waals surface area contributed by atoms with Gasteiger partial charge >= 0.3 is 18.0 Å². The van der Waals surface area contributed by atoms with Crippen LogP contribution in [0.4, 0.5) is 4.79 Å². The Morgan fingerprint density at radius 1 is 0.564 bits per heavy atom. The lowest BCUT2D eigenvalue weighted by Crippen LogP contribution is -2.33. The lowest BCUT2D eigenvalue weighted by Gasteiger charge is -2.17. The van der Waals surface area contributed by atoms with Gasteiger partial charge in [-0.1, -0.05) is 130 Å². The molecule has 0 aromatic heterocycles. The van der Waals surface area contributed by atoms with E-state index in [-0.39, 0.29) is 12.5 Å². The normalized spacial score (nSPS) is 10.5. The first-order valence-corrected chi connectivity index (χ1v) is 16.1. The van der Waals surface area contributed by atoms with E-state index >= 15 is 0 Å². The molecule has 0 aliphatic heterocycles. The van der Waals surface area contributed by atoms with Crippen molar-refractivity contribution in [3.05, 3.63) is 0 Å². The van der Waals surface area contributed by atoms with Gasteiger partial charge in [0, 0.05) is 19.4 Å². The second kappa shape index (κ2) is 32.4. The molecule has 0 fully saturated rings. The van der Waals surface area contributed by atoms with Gasteiger partial charge in [-0.3, -0.25) is 4.79 Å². The standard InChI is InChI=1S/C16H31NO4.C15H31NO2/c1-3-5-7-8-9-10-11-13-15(18)21-17(16(19)20)14-12-6-4-2;1-3-5-7-8-9-10-11-13-15(17)18-16-14-12-6-4-2/h3-14H2,1-2H3,(H,19,20);16H,3-14H2,1-2H3. The molecule has 0 unspecified atom stereocenters. The van der Waals surface area contributed by atoms with E-state index in [2.05, 4.69) is 26.3 Å². The molecule has 8 heteroatoms. The van der Waals surface area contributed by atoms with Crippen LogP contribution in [0.1, 0.15) is 169 Å². The van der Waals surface area contributed by atoms with E-state index in [9.17, 15) is 14.4 Å². The van der Waals surface area contributed by atoms with Crippen LogP contribution in [-0.2, 0) is 19.3 Å². The molecule has 0 spiro atoms. The fourth-order valence-corrected chi connectivity index (χ4v) is 3.94. The third-order valence-corrected chi connectivity index (χ3v) is 6.43. The van der Waals surface area contributed by atoms with Crippen LogP contribution in [0.15, 0.2) is 0 Å². The number of nitrogens with zero attached hydrogens (tertiary/aromatic N) is 1. The summed E-state index contributed by atoms with van der Waals surface area (Å²) < 4.78 is 0. The summed E-state index contributed by atoms with van der Waals surface area (Å²) in [4.78, 5) is 43.7. The largest absolute Gasteiger partial charge is 0.463 e. The maximum Gasteiger partial charge on any atom is 0.440 e. The molecular weight excluding hydrogens is 496 g/mol. The molecule has 232 valence electrons. The minimum Gasteiger partial charge on any atom is -0.463 e. The molecular formula is C31H62N2O6. The summed E-state index contributed by atoms with van der Waals surface area (Å²) in [7, 11) is 0. The molecule has 0 bridgehead atoms. The predicted octanol–water partition coefficient (Wildman–Crippen LogP) is 9.12. The van der Waals surface area contributed by atoms with Gasteiger partial charge in [0.05, 0.1) is 6.54 Å². The van der Waals surface area contributed by atoms with Crippen molar-refractivity contribution in [1.29, 1.82) is 0 Å². The van der Waals surface area contributed by atoms with Crippen LogP contribution in [-0.4, -0.2) is 41.3 Å². The topological polar surface area (TPSA) is 105 Å². The minimum absolute atomic E-state index is 0.111. The summed E-state index contributed by atoms with van der Waals surface area (Å²) in [6.07, 6.45) is 22.2. The Balaban J connectivity index is 0. The molecule has 0 aromatic carbocycles. The zero-order valence-corrected chi connectivity index (χ0v) is 25.9. The molecule has 0 rings (SSSR count). The average molecular weight is 559 g/mol. The molecule has 0 aromatic rings. The van der Waals surface area contributed by atoms with E-state index in [4.69, 9.17) is 14.8 Å². The van der Waals surface area contributed by atoms with E-state index in [0.717, 1.165) is 63.0 Å². The van der Waals surface area contributed by atoms with Gasteiger partial charge in [0.2, 0.25) is 0 Å². The highest BCUT2D eigenvalue weighted by molar-refractivity contribution is 5.72. The van der Waals surface area contributed by atoms with Crippen molar-refractivity contribution in [2.45, 2.75) is 169 Å². The zero-order chi connectivity index (χ0) is 29.4. The predicted molar refractivity (Wildman–Crippen MR) is 159 cm³/mol. The van der Waals surface area contributed by atoms with Crippen molar-refractivity contribution in [3.63, 3.8) is 0 Å². The lowest BCUT2D eigenvalue weighted by atomic mass is 10.1. The van der Waals surface area contributed by atoms with Gasteiger partial charge in [-0.25, -0.2) is 9.59 Å². The van der Waals surface area contributed by atoms with Crippen molar-refractivity contribution in [2.24, 2.45) is 0 Å². The van der Waals surface area contributed by atoms with E-state index in [0.29, 0.717) is 19.3 Å². The van der Waals surface area contributed by atoms with Crippen LogP contribution in [0, 0.1) is 0 Å². The second-order valence-corrected chi connectivity index (χ2v) is 10.4. The van der Waals surface area contributed by atoms with Crippen molar-refractivity contribution in [3.8, 4) is 0 Å². The molecule has 0 saturated heterocycles. The summed E-state index contributed by atoms with van der Waals surface area (Å²) in [6, 6.07) is 0. The summed E-state index contributed by atoms with van der Waals surface area (Å²) in [6.45, 7) is 9.64. The van der Waals surface area contributed by atoms with Gasteiger partial charge in [-0.05, 0) is 25.7 Å². The maximum atomic E-state index is 11.6. The highest BCUT2D eigenvalue weighted by Crippen LogP contribution is 2.10. The number of rotatable bonds is 25. The Hall–Kier alpha value is -1.83. The summed E-state index contributed by atoms with van der Waals surface area (Å²) in [5.74, 6) is -0.553. The number of amides is 1. The summed E-state index contributed by atoms with van der Waals surface area (Å²) in [5, 5.41) is 9.73. The lowest BCUT2D eigenvalue weighted by molar-refractivity contribution is -0.180. The van der Waals surface area contributed by atoms with Gasteiger partial charge in [-0.2, -0.15) is 5.48 Å². The highest BCUT2D eigenvalue weighted by atomic mass is 16.7. The number of carbonyl (C=O) groups is 3.